The summed E-state index contributed by atoms with van der Waals surface area (Å²) in [5.41, 5.74) is 1.18. The zero-order valence-corrected chi connectivity index (χ0v) is 13.3. The van der Waals surface area contributed by atoms with E-state index < -0.39 is 0 Å². The van der Waals surface area contributed by atoms with Gasteiger partial charge in [-0.25, -0.2) is 0 Å². The van der Waals surface area contributed by atoms with E-state index >= 15 is 0 Å². The summed E-state index contributed by atoms with van der Waals surface area (Å²) in [5.74, 6) is 0.812. The van der Waals surface area contributed by atoms with Gasteiger partial charge >= 0.3 is 0 Å². The fraction of sp³-hybridized carbons (Fsp3) is 0.588. The summed E-state index contributed by atoms with van der Waals surface area (Å²) < 4.78 is 5.60. The number of rotatable bonds is 7. The molecule has 112 valence electrons. The molecule has 0 fully saturated rings. The molecule has 1 amide bonds. The lowest BCUT2D eigenvalue weighted by Crippen LogP contribution is -2.46. The number of amides is 1. The van der Waals surface area contributed by atoms with Gasteiger partial charge in [0, 0.05) is 12.1 Å². The first-order valence-electron chi connectivity index (χ1n) is 7.50. The number of hydrogen-bond donors (Lipinski definition) is 0. The molecule has 0 saturated carbocycles. The van der Waals surface area contributed by atoms with Crippen LogP contribution in [0.2, 0.25) is 0 Å². The Morgan fingerprint density at radius 3 is 2.05 bits per heavy atom. The SMILES string of the molecule is CCC(C)N(C(=O)COc1ccc(C)cc1)C(C)CC. The van der Waals surface area contributed by atoms with Crippen LogP contribution in [-0.4, -0.2) is 29.5 Å². The van der Waals surface area contributed by atoms with Crippen LogP contribution < -0.4 is 4.74 Å². The highest BCUT2D eigenvalue weighted by atomic mass is 16.5. The van der Waals surface area contributed by atoms with Crippen LogP contribution in [0, 0.1) is 6.92 Å². The fourth-order valence-corrected chi connectivity index (χ4v) is 2.17. The first-order chi connectivity index (χ1) is 9.49. The number of benzene rings is 1. The van der Waals surface area contributed by atoms with Gasteiger partial charge in [0.25, 0.3) is 5.91 Å². The minimum atomic E-state index is 0.0641. The van der Waals surface area contributed by atoms with Gasteiger partial charge in [-0.2, -0.15) is 0 Å². The third-order valence-electron chi connectivity index (χ3n) is 3.80. The minimum Gasteiger partial charge on any atom is -0.484 e. The lowest BCUT2D eigenvalue weighted by molar-refractivity contribution is -0.137. The molecule has 20 heavy (non-hydrogen) atoms. The van der Waals surface area contributed by atoms with Gasteiger partial charge in [0.2, 0.25) is 0 Å². The van der Waals surface area contributed by atoms with Crippen LogP contribution in [0.15, 0.2) is 24.3 Å². The summed E-state index contributed by atoms with van der Waals surface area (Å²) in [7, 11) is 0. The fourth-order valence-electron chi connectivity index (χ4n) is 2.17. The summed E-state index contributed by atoms with van der Waals surface area (Å²) in [6.07, 6.45) is 1.92. The van der Waals surface area contributed by atoms with Crippen LogP contribution in [0.4, 0.5) is 0 Å². The van der Waals surface area contributed by atoms with Crippen LogP contribution in [-0.2, 0) is 4.79 Å². The standard InChI is InChI=1S/C17H27NO2/c1-6-14(4)18(15(5)7-2)17(19)12-20-16-10-8-13(3)9-11-16/h8-11,14-15H,6-7,12H2,1-5H3. The molecule has 1 aromatic carbocycles. The molecule has 0 aromatic heterocycles. The number of nitrogens with zero attached hydrogens (tertiary/aromatic N) is 1. The molecule has 0 aliphatic carbocycles. The predicted octanol–water partition coefficient (Wildman–Crippen LogP) is 3.80. The van der Waals surface area contributed by atoms with Crippen molar-refractivity contribution < 1.29 is 9.53 Å². The van der Waals surface area contributed by atoms with E-state index in [9.17, 15) is 4.79 Å². The van der Waals surface area contributed by atoms with Gasteiger partial charge in [0.1, 0.15) is 5.75 Å². The smallest absolute Gasteiger partial charge is 0.260 e. The minimum absolute atomic E-state index is 0.0641. The second-order valence-corrected chi connectivity index (χ2v) is 5.42. The van der Waals surface area contributed by atoms with Gasteiger partial charge in [-0.15, -0.1) is 0 Å². The number of carbonyl (C=O) groups excluding carboxylic acids is 1. The van der Waals surface area contributed by atoms with Crippen LogP contribution in [0.25, 0.3) is 0 Å². The Hall–Kier alpha value is -1.51. The highest BCUT2D eigenvalue weighted by Gasteiger charge is 2.23. The first kappa shape index (κ1) is 16.5. The molecule has 0 spiro atoms. The monoisotopic (exact) mass is 277 g/mol. The van der Waals surface area contributed by atoms with Crippen molar-refractivity contribution in [3.8, 4) is 5.75 Å². The second kappa shape index (κ2) is 7.93. The van der Waals surface area contributed by atoms with Crippen molar-refractivity contribution in [2.75, 3.05) is 6.61 Å². The molecule has 2 unspecified atom stereocenters. The van der Waals surface area contributed by atoms with Crippen LogP contribution in [0.5, 0.6) is 5.75 Å². The van der Waals surface area contributed by atoms with E-state index in [4.69, 9.17) is 4.74 Å². The van der Waals surface area contributed by atoms with Crippen LogP contribution in [0.3, 0.4) is 0 Å². The number of hydrogen-bond acceptors (Lipinski definition) is 2. The summed E-state index contributed by atoms with van der Waals surface area (Å²) in [6.45, 7) is 10.5. The molecule has 0 saturated heterocycles. The average Bonchev–Trinajstić information content (AvgIpc) is 2.46. The quantitative estimate of drug-likeness (QED) is 0.758. The molecular formula is C17H27NO2. The van der Waals surface area contributed by atoms with Crippen molar-refractivity contribution >= 4 is 5.91 Å². The highest BCUT2D eigenvalue weighted by molar-refractivity contribution is 5.78. The van der Waals surface area contributed by atoms with E-state index in [1.54, 1.807) is 0 Å². The van der Waals surface area contributed by atoms with Crippen molar-refractivity contribution in [3.63, 3.8) is 0 Å². The van der Waals surface area contributed by atoms with Crippen molar-refractivity contribution in [3.05, 3.63) is 29.8 Å². The molecule has 0 heterocycles. The van der Waals surface area contributed by atoms with Gasteiger partial charge in [-0.3, -0.25) is 4.79 Å². The number of ether oxygens (including phenoxy) is 1. The summed E-state index contributed by atoms with van der Waals surface area (Å²) >= 11 is 0. The van der Waals surface area contributed by atoms with E-state index in [0.29, 0.717) is 0 Å². The van der Waals surface area contributed by atoms with Gasteiger partial charge < -0.3 is 9.64 Å². The molecule has 3 nitrogen and oxygen atoms in total. The Kier molecular flexibility index (Phi) is 6.56. The summed E-state index contributed by atoms with van der Waals surface area (Å²) in [5, 5.41) is 0. The van der Waals surface area contributed by atoms with Crippen molar-refractivity contribution in [2.45, 2.75) is 59.5 Å². The highest BCUT2D eigenvalue weighted by Crippen LogP contribution is 2.15. The van der Waals surface area contributed by atoms with E-state index in [1.165, 1.54) is 5.56 Å². The van der Waals surface area contributed by atoms with Crippen molar-refractivity contribution in [2.24, 2.45) is 0 Å². The maximum Gasteiger partial charge on any atom is 0.260 e. The maximum absolute atomic E-state index is 12.4. The lowest BCUT2D eigenvalue weighted by Gasteiger charge is -2.33. The van der Waals surface area contributed by atoms with E-state index in [1.807, 2.05) is 36.1 Å². The molecule has 0 N–H and O–H groups in total. The zero-order chi connectivity index (χ0) is 15.1. The van der Waals surface area contributed by atoms with E-state index in [-0.39, 0.29) is 24.6 Å². The van der Waals surface area contributed by atoms with E-state index in [2.05, 4.69) is 27.7 Å². The predicted molar refractivity (Wildman–Crippen MR) is 83.0 cm³/mol. The lowest BCUT2D eigenvalue weighted by atomic mass is 10.1. The Labute approximate surface area is 122 Å². The molecule has 0 radical (unpaired) electrons. The van der Waals surface area contributed by atoms with Crippen LogP contribution >= 0.6 is 0 Å². The molecular weight excluding hydrogens is 250 g/mol. The van der Waals surface area contributed by atoms with Gasteiger partial charge in [0.05, 0.1) is 0 Å². The van der Waals surface area contributed by atoms with Gasteiger partial charge in [-0.1, -0.05) is 31.5 Å². The largest absolute Gasteiger partial charge is 0.484 e. The average molecular weight is 277 g/mol. The van der Waals surface area contributed by atoms with Crippen molar-refractivity contribution in [1.29, 1.82) is 0 Å². The normalized spacial score (nSPS) is 13.7. The zero-order valence-electron chi connectivity index (χ0n) is 13.3. The Bertz CT molecular complexity index is 404. The molecule has 2 atom stereocenters. The summed E-state index contributed by atoms with van der Waals surface area (Å²) in [6, 6.07) is 8.28. The Morgan fingerprint density at radius 1 is 1.10 bits per heavy atom. The number of carbonyl (C=O) groups is 1. The van der Waals surface area contributed by atoms with Gasteiger partial charge in [-0.05, 0) is 45.7 Å². The molecule has 3 heteroatoms. The molecule has 1 aromatic rings. The number of aryl methyl sites for hydroxylation is 1. The van der Waals surface area contributed by atoms with Crippen molar-refractivity contribution in [1.82, 2.24) is 4.90 Å². The molecule has 0 aliphatic heterocycles. The third-order valence-corrected chi connectivity index (χ3v) is 3.80. The Morgan fingerprint density at radius 2 is 1.60 bits per heavy atom. The van der Waals surface area contributed by atoms with E-state index in [0.717, 1.165) is 18.6 Å². The first-order valence-corrected chi connectivity index (χ1v) is 7.50. The second-order valence-electron chi connectivity index (χ2n) is 5.42. The topological polar surface area (TPSA) is 29.5 Å². The molecule has 1 rings (SSSR count). The molecule has 0 aliphatic rings. The van der Waals surface area contributed by atoms with Gasteiger partial charge in [0.15, 0.2) is 6.61 Å². The summed E-state index contributed by atoms with van der Waals surface area (Å²) in [4.78, 5) is 14.3. The molecule has 0 bridgehead atoms. The third kappa shape index (κ3) is 4.55. The van der Waals surface area contributed by atoms with Crippen LogP contribution in [0.1, 0.15) is 46.1 Å². The Balaban J connectivity index is 2.64. The maximum atomic E-state index is 12.4.